The number of hydrogen-bond acceptors (Lipinski definition) is 3. The smallest absolute Gasteiger partial charge is 0.340 e. The second-order valence-electron chi connectivity index (χ2n) is 4.72. The van der Waals surface area contributed by atoms with Crippen LogP contribution in [0.2, 0.25) is 0 Å². The summed E-state index contributed by atoms with van der Waals surface area (Å²) in [6, 6.07) is 12.1. The van der Waals surface area contributed by atoms with Gasteiger partial charge in [-0.25, -0.2) is 9.36 Å². The highest BCUT2D eigenvalue weighted by atomic mass is 16.5. The van der Waals surface area contributed by atoms with Gasteiger partial charge in [0.05, 0.1) is 18.3 Å². The summed E-state index contributed by atoms with van der Waals surface area (Å²) in [5, 5.41) is 0. The average Bonchev–Trinajstić information content (AvgIpc) is 2.48. The van der Waals surface area contributed by atoms with Crippen LogP contribution in [0.3, 0.4) is 0 Å². The lowest BCUT2D eigenvalue weighted by molar-refractivity contribution is 0.417. The van der Waals surface area contributed by atoms with Crippen LogP contribution in [-0.4, -0.2) is 16.1 Å². The van der Waals surface area contributed by atoms with Gasteiger partial charge in [-0.05, 0) is 30.7 Å². The average molecular weight is 282 g/mol. The molecular weight excluding hydrogens is 268 g/mol. The third-order valence-electron chi connectivity index (χ3n) is 3.45. The Balaban J connectivity index is 2.45. The minimum atomic E-state index is -0.411. The summed E-state index contributed by atoms with van der Waals surface area (Å²) in [6.45, 7) is 1.86. The Kier molecular flexibility index (Phi) is 3.10. The number of pyridine rings is 1. The van der Waals surface area contributed by atoms with E-state index in [-0.39, 0.29) is 5.56 Å². The molecule has 0 amide bonds. The predicted molar refractivity (Wildman–Crippen MR) is 80.6 cm³/mol. The van der Waals surface area contributed by atoms with Gasteiger partial charge >= 0.3 is 5.69 Å². The van der Waals surface area contributed by atoms with E-state index in [0.29, 0.717) is 17.0 Å². The van der Waals surface area contributed by atoms with E-state index in [4.69, 9.17) is 4.74 Å². The van der Waals surface area contributed by atoms with Gasteiger partial charge in [-0.2, -0.15) is 0 Å². The molecule has 3 rings (SSSR count). The fourth-order valence-electron chi connectivity index (χ4n) is 2.40. The topological polar surface area (TPSA) is 52.7 Å². The van der Waals surface area contributed by atoms with Crippen molar-refractivity contribution >= 4 is 5.52 Å². The summed E-state index contributed by atoms with van der Waals surface area (Å²) >= 11 is 0. The zero-order chi connectivity index (χ0) is 15.0. The lowest BCUT2D eigenvalue weighted by Crippen LogP contribution is -2.36. The van der Waals surface area contributed by atoms with E-state index in [1.807, 2.05) is 19.1 Å². The van der Waals surface area contributed by atoms with Crippen LogP contribution in [0.5, 0.6) is 5.75 Å². The summed E-state index contributed by atoms with van der Waals surface area (Å²) in [6.07, 6.45) is 1.62. The standard InChI is InChI=1S/C16H14N2O3/c1-11-6-3-4-7-12(11)18-15(19)10-13-14(21-2)8-5-9-17(13)16(18)20/h3-10H,1-2H3. The lowest BCUT2D eigenvalue weighted by Gasteiger charge is -2.11. The van der Waals surface area contributed by atoms with Gasteiger partial charge in [0.15, 0.2) is 0 Å². The maximum atomic E-state index is 12.6. The van der Waals surface area contributed by atoms with Gasteiger partial charge in [-0.15, -0.1) is 0 Å². The maximum Gasteiger partial charge on any atom is 0.340 e. The Bertz CT molecular complexity index is 938. The van der Waals surface area contributed by atoms with Gasteiger partial charge in [0, 0.05) is 12.3 Å². The Hall–Kier alpha value is -2.82. The van der Waals surface area contributed by atoms with Crippen LogP contribution in [0.25, 0.3) is 11.2 Å². The highest BCUT2D eigenvalue weighted by Crippen LogP contribution is 2.16. The minimum absolute atomic E-state index is 0.376. The second-order valence-corrected chi connectivity index (χ2v) is 4.72. The molecule has 0 fully saturated rings. The highest BCUT2D eigenvalue weighted by molar-refractivity contribution is 5.59. The molecule has 0 aliphatic carbocycles. The van der Waals surface area contributed by atoms with Gasteiger partial charge in [0.25, 0.3) is 5.56 Å². The van der Waals surface area contributed by atoms with Crippen molar-refractivity contribution in [2.75, 3.05) is 7.11 Å². The van der Waals surface area contributed by atoms with E-state index in [1.165, 1.54) is 22.1 Å². The molecule has 0 unspecified atom stereocenters. The van der Waals surface area contributed by atoms with Gasteiger partial charge in [-0.3, -0.25) is 9.20 Å². The van der Waals surface area contributed by atoms with E-state index in [0.717, 1.165) is 5.56 Å². The van der Waals surface area contributed by atoms with Gasteiger partial charge in [0.2, 0.25) is 0 Å². The van der Waals surface area contributed by atoms with Gasteiger partial charge < -0.3 is 4.74 Å². The number of ether oxygens (including phenoxy) is 1. The van der Waals surface area contributed by atoms with E-state index in [2.05, 4.69) is 0 Å². The van der Waals surface area contributed by atoms with Crippen molar-refractivity contribution in [1.82, 2.24) is 8.97 Å². The fourth-order valence-corrected chi connectivity index (χ4v) is 2.40. The maximum absolute atomic E-state index is 12.6. The first-order valence-corrected chi connectivity index (χ1v) is 6.51. The number of aryl methyl sites for hydroxylation is 1. The number of fused-ring (bicyclic) bond motifs is 1. The van der Waals surface area contributed by atoms with Crippen LogP contribution < -0.4 is 16.0 Å². The molecule has 2 heterocycles. The lowest BCUT2D eigenvalue weighted by atomic mass is 10.2. The molecule has 0 radical (unpaired) electrons. The highest BCUT2D eigenvalue weighted by Gasteiger charge is 2.12. The summed E-state index contributed by atoms with van der Waals surface area (Å²) in [5.74, 6) is 0.489. The van der Waals surface area contributed by atoms with Crippen LogP contribution in [0.15, 0.2) is 58.3 Å². The van der Waals surface area contributed by atoms with Crippen molar-refractivity contribution in [2.24, 2.45) is 0 Å². The Morgan fingerprint density at radius 3 is 2.52 bits per heavy atom. The van der Waals surface area contributed by atoms with Gasteiger partial charge in [0.1, 0.15) is 5.75 Å². The van der Waals surface area contributed by atoms with Crippen molar-refractivity contribution < 1.29 is 4.74 Å². The van der Waals surface area contributed by atoms with Crippen LogP contribution in [0.4, 0.5) is 0 Å². The van der Waals surface area contributed by atoms with Crippen LogP contribution >= 0.6 is 0 Å². The number of hydrogen-bond donors (Lipinski definition) is 0. The van der Waals surface area contributed by atoms with Crippen molar-refractivity contribution in [3.63, 3.8) is 0 Å². The first-order chi connectivity index (χ1) is 10.1. The molecule has 0 saturated carbocycles. The molecule has 2 aromatic heterocycles. The van der Waals surface area contributed by atoms with E-state index in [9.17, 15) is 9.59 Å². The van der Waals surface area contributed by atoms with Crippen LogP contribution in [0, 0.1) is 6.92 Å². The van der Waals surface area contributed by atoms with Crippen molar-refractivity contribution in [3.8, 4) is 11.4 Å². The molecule has 0 spiro atoms. The van der Waals surface area contributed by atoms with Crippen molar-refractivity contribution in [3.05, 3.63) is 75.1 Å². The normalized spacial score (nSPS) is 10.8. The molecule has 1 aromatic carbocycles. The summed E-state index contributed by atoms with van der Waals surface area (Å²) in [5.41, 5.74) is 1.12. The third kappa shape index (κ3) is 2.03. The number of aromatic nitrogens is 2. The number of nitrogens with zero attached hydrogens (tertiary/aromatic N) is 2. The predicted octanol–water partition coefficient (Wildman–Crippen LogP) is 1.77. The summed E-state index contributed by atoms with van der Waals surface area (Å²) < 4.78 is 7.78. The molecule has 21 heavy (non-hydrogen) atoms. The fraction of sp³-hybridized carbons (Fsp3) is 0.125. The third-order valence-corrected chi connectivity index (χ3v) is 3.45. The Labute approximate surface area is 120 Å². The molecule has 0 N–H and O–H groups in total. The molecular formula is C16H14N2O3. The van der Waals surface area contributed by atoms with Crippen molar-refractivity contribution in [1.29, 1.82) is 0 Å². The summed E-state index contributed by atoms with van der Waals surface area (Å²) in [7, 11) is 1.51. The molecule has 5 nitrogen and oxygen atoms in total. The molecule has 0 atom stereocenters. The molecule has 5 heteroatoms. The largest absolute Gasteiger partial charge is 0.495 e. The molecule has 106 valence electrons. The monoisotopic (exact) mass is 282 g/mol. The zero-order valence-electron chi connectivity index (χ0n) is 11.7. The molecule has 0 aliphatic rings. The Morgan fingerprint density at radius 1 is 1.05 bits per heavy atom. The van der Waals surface area contributed by atoms with E-state index in [1.54, 1.807) is 30.5 Å². The minimum Gasteiger partial charge on any atom is -0.495 e. The summed E-state index contributed by atoms with van der Waals surface area (Å²) in [4.78, 5) is 25.0. The quantitative estimate of drug-likeness (QED) is 0.720. The first-order valence-electron chi connectivity index (χ1n) is 6.51. The molecule has 0 aliphatic heterocycles. The number of methoxy groups -OCH3 is 1. The van der Waals surface area contributed by atoms with E-state index >= 15 is 0 Å². The van der Waals surface area contributed by atoms with Crippen LogP contribution in [-0.2, 0) is 0 Å². The number of rotatable bonds is 2. The molecule has 0 saturated heterocycles. The SMILES string of the molecule is COc1cccn2c(=O)n(-c3ccccc3C)c(=O)cc12. The van der Waals surface area contributed by atoms with Crippen LogP contribution in [0.1, 0.15) is 5.56 Å². The van der Waals surface area contributed by atoms with Gasteiger partial charge in [-0.1, -0.05) is 18.2 Å². The zero-order valence-corrected chi connectivity index (χ0v) is 11.7. The molecule has 0 bridgehead atoms. The number of benzene rings is 1. The second kappa shape index (κ2) is 4.94. The molecule has 3 aromatic rings. The first kappa shape index (κ1) is 13.2. The van der Waals surface area contributed by atoms with E-state index < -0.39 is 5.69 Å². The van der Waals surface area contributed by atoms with Crippen molar-refractivity contribution in [2.45, 2.75) is 6.92 Å². The number of para-hydroxylation sites is 1. The Morgan fingerprint density at radius 2 is 1.81 bits per heavy atom.